The largest absolute Gasteiger partial charge is 0.324 e. The van der Waals surface area contributed by atoms with Crippen molar-refractivity contribution >= 4 is 52.3 Å². The normalized spacial score (nSPS) is 15.5. The van der Waals surface area contributed by atoms with Crippen LogP contribution in [0.3, 0.4) is 0 Å². The van der Waals surface area contributed by atoms with Gasteiger partial charge in [-0.25, -0.2) is 4.39 Å². The molecule has 168 valence electrons. The summed E-state index contributed by atoms with van der Waals surface area (Å²) < 4.78 is 14.7. The number of anilines is 2. The number of benzene rings is 3. The number of halogens is 2. The SMILES string of the molecule is CSc1cccc(NC(=O)CN2C(=O)C(C)N=C(c3ccccc3F)c3cc(Cl)ccc32)c1. The minimum atomic E-state index is -0.821. The van der Waals surface area contributed by atoms with E-state index in [0.717, 1.165) is 4.90 Å². The van der Waals surface area contributed by atoms with E-state index in [9.17, 15) is 14.0 Å². The second kappa shape index (κ2) is 9.77. The van der Waals surface area contributed by atoms with Crippen molar-refractivity contribution < 1.29 is 14.0 Å². The van der Waals surface area contributed by atoms with Crippen molar-refractivity contribution in [3.8, 4) is 0 Å². The number of amides is 2. The van der Waals surface area contributed by atoms with Crippen LogP contribution >= 0.6 is 23.4 Å². The van der Waals surface area contributed by atoms with Gasteiger partial charge in [0.25, 0.3) is 5.91 Å². The maximum Gasteiger partial charge on any atom is 0.252 e. The van der Waals surface area contributed by atoms with E-state index in [1.165, 1.54) is 11.0 Å². The van der Waals surface area contributed by atoms with Crippen LogP contribution in [0.4, 0.5) is 15.8 Å². The molecule has 4 rings (SSSR count). The molecule has 2 amide bonds. The third kappa shape index (κ3) is 4.94. The molecule has 0 fully saturated rings. The molecule has 1 heterocycles. The van der Waals surface area contributed by atoms with Gasteiger partial charge in [0, 0.05) is 26.7 Å². The molecule has 8 heteroatoms. The molecule has 0 bridgehead atoms. The third-order valence-electron chi connectivity index (χ3n) is 5.23. The maximum absolute atomic E-state index is 14.7. The van der Waals surface area contributed by atoms with Crippen molar-refractivity contribution in [2.24, 2.45) is 4.99 Å². The van der Waals surface area contributed by atoms with Crippen molar-refractivity contribution in [1.82, 2.24) is 0 Å². The fourth-order valence-corrected chi connectivity index (χ4v) is 4.30. The molecule has 33 heavy (non-hydrogen) atoms. The first-order chi connectivity index (χ1) is 15.9. The van der Waals surface area contributed by atoms with E-state index in [1.54, 1.807) is 61.2 Å². The smallest absolute Gasteiger partial charge is 0.252 e. The van der Waals surface area contributed by atoms with Gasteiger partial charge in [-0.15, -0.1) is 11.8 Å². The van der Waals surface area contributed by atoms with Gasteiger partial charge in [0.2, 0.25) is 5.91 Å². The number of carbonyl (C=O) groups excluding carboxylic acids is 2. The molecule has 3 aromatic rings. The van der Waals surface area contributed by atoms with Crippen molar-refractivity contribution in [3.63, 3.8) is 0 Å². The Kier molecular flexibility index (Phi) is 6.81. The number of nitrogens with one attached hydrogen (secondary N) is 1. The first-order valence-corrected chi connectivity index (χ1v) is 11.9. The zero-order valence-electron chi connectivity index (χ0n) is 18.0. The summed E-state index contributed by atoms with van der Waals surface area (Å²) >= 11 is 7.82. The van der Waals surface area contributed by atoms with Gasteiger partial charge in [-0.2, -0.15) is 0 Å². The molecule has 0 radical (unpaired) electrons. The number of thioether (sulfide) groups is 1. The van der Waals surface area contributed by atoms with Crippen LogP contribution in [0.15, 0.2) is 76.6 Å². The first-order valence-electron chi connectivity index (χ1n) is 10.3. The molecule has 0 saturated carbocycles. The minimum Gasteiger partial charge on any atom is -0.324 e. The van der Waals surface area contributed by atoms with Gasteiger partial charge in [-0.1, -0.05) is 29.8 Å². The van der Waals surface area contributed by atoms with Gasteiger partial charge in [0.1, 0.15) is 18.4 Å². The third-order valence-corrected chi connectivity index (χ3v) is 6.20. The van der Waals surface area contributed by atoms with E-state index in [0.29, 0.717) is 27.7 Å². The Bertz CT molecular complexity index is 1260. The van der Waals surface area contributed by atoms with Crippen molar-refractivity contribution in [3.05, 3.63) is 88.7 Å². The molecule has 0 aromatic heterocycles. The number of carbonyl (C=O) groups is 2. The van der Waals surface area contributed by atoms with Gasteiger partial charge in [0.15, 0.2) is 0 Å². The number of hydrogen-bond donors (Lipinski definition) is 1. The van der Waals surface area contributed by atoms with Crippen molar-refractivity contribution in [2.45, 2.75) is 17.9 Å². The maximum atomic E-state index is 14.7. The first kappa shape index (κ1) is 23.0. The molecule has 0 saturated heterocycles. The monoisotopic (exact) mass is 481 g/mol. The van der Waals surface area contributed by atoms with Gasteiger partial charge in [0.05, 0.1) is 11.4 Å². The summed E-state index contributed by atoms with van der Waals surface area (Å²) in [5.41, 5.74) is 2.16. The molecule has 3 aromatic carbocycles. The van der Waals surface area contributed by atoms with E-state index in [4.69, 9.17) is 11.6 Å². The summed E-state index contributed by atoms with van der Waals surface area (Å²) in [5.74, 6) is -1.18. The summed E-state index contributed by atoms with van der Waals surface area (Å²) in [6, 6.07) is 17.8. The molecule has 1 unspecified atom stereocenters. The van der Waals surface area contributed by atoms with E-state index < -0.39 is 11.9 Å². The van der Waals surface area contributed by atoms with E-state index in [-0.39, 0.29) is 23.9 Å². The van der Waals surface area contributed by atoms with Gasteiger partial charge < -0.3 is 10.2 Å². The summed E-state index contributed by atoms with van der Waals surface area (Å²) in [5, 5.41) is 3.26. The van der Waals surface area contributed by atoms with Crippen LogP contribution in [0.5, 0.6) is 0 Å². The minimum absolute atomic E-state index is 0.221. The van der Waals surface area contributed by atoms with Crippen LogP contribution in [-0.2, 0) is 9.59 Å². The van der Waals surface area contributed by atoms with Crippen LogP contribution in [0, 0.1) is 5.82 Å². The molecule has 1 aliphatic heterocycles. The highest BCUT2D eigenvalue weighted by Crippen LogP contribution is 2.31. The van der Waals surface area contributed by atoms with Crippen LogP contribution in [-0.4, -0.2) is 36.4 Å². The lowest BCUT2D eigenvalue weighted by atomic mass is 9.99. The Hall–Kier alpha value is -3.16. The van der Waals surface area contributed by atoms with Gasteiger partial charge in [-0.3, -0.25) is 14.6 Å². The Labute approximate surface area is 200 Å². The highest BCUT2D eigenvalue weighted by molar-refractivity contribution is 7.98. The number of rotatable bonds is 5. The number of aliphatic imine (C=N–C) groups is 1. The van der Waals surface area contributed by atoms with E-state index >= 15 is 0 Å². The second-order valence-electron chi connectivity index (χ2n) is 7.50. The molecule has 0 aliphatic carbocycles. The standard InChI is InChI=1S/C25H21ClFN3O2S/c1-15-25(32)30(14-23(31)29-17-6-5-7-18(13-17)33-2)22-11-10-16(26)12-20(22)24(28-15)19-8-3-4-9-21(19)27/h3-13,15H,14H2,1-2H3,(H,29,31). The Morgan fingerprint density at radius 1 is 1.12 bits per heavy atom. The van der Waals surface area contributed by atoms with Crippen LogP contribution in [0.1, 0.15) is 18.1 Å². The lowest BCUT2D eigenvalue weighted by molar-refractivity contribution is -0.122. The van der Waals surface area contributed by atoms with Crippen molar-refractivity contribution in [1.29, 1.82) is 0 Å². The fraction of sp³-hybridized carbons (Fsp3) is 0.160. The van der Waals surface area contributed by atoms with Gasteiger partial charge in [-0.05, 0) is 61.7 Å². The number of benzodiazepines with no additional fused rings is 1. The quantitative estimate of drug-likeness (QED) is 0.495. The van der Waals surface area contributed by atoms with Crippen LogP contribution in [0.2, 0.25) is 5.02 Å². The average molecular weight is 482 g/mol. The molecular formula is C25H21ClFN3O2S. The topological polar surface area (TPSA) is 61.8 Å². The molecule has 1 N–H and O–H groups in total. The predicted octanol–water partition coefficient (Wildman–Crippen LogP) is 5.41. The zero-order valence-corrected chi connectivity index (χ0v) is 19.6. The van der Waals surface area contributed by atoms with Crippen LogP contribution < -0.4 is 10.2 Å². The summed E-state index contributed by atoms with van der Waals surface area (Å²) in [4.78, 5) is 33.1. The average Bonchev–Trinajstić information content (AvgIpc) is 2.90. The van der Waals surface area contributed by atoms with Crippen LogP contribution in [0.25, 0.3) is 0 Å². The van der Waals surface area contributed by atoms with E-state index in [2.05, 4.69) is 10.3 Å². The number of hydrogen-bond acceptors (Lipinski definition) is 4. The molecule has 0 spiro atoms. The molecule has 1 aliphatic rings. The summed E-state index contributed by atoms with van der Waals surface area (Å²) in [6.07, 6.45) is 1.95. The zero-order chi connectivity index (χ0) is 23.5. The lowest BCUT2D eigenvalue weighted by Crippen LogP contribution is -2.42. The second-order valence-corrected chi connectivity index (χ2v) is 8.82. The Morgan fingerprint density at radius 3 is 2.67 bits per heavy atom. The van der Waals surface area contributed by atoms with E-state index in [1.807, 2.05) is 24.5 Å². The Balaban J connectivity index is 1.72. The highest BCUT2D eigenvalue weighted by Gasteiger charge is 2.31. The lowest BCUT2D eigenvalue weighted by Gasteiger charge is -2.24. The predicted molar refractivity (Wildman–Crippen MR) is 132 cm³/mol. The van der Waals surface area contributed by atoms with Crippen molar-refractivity contribution in [2.75, 3.05) is 23.0 Å². The molecular weight excluding hydrogens is 461 g/mol. The number of fused-ring (bicyclic) bond motifs is 1. The highest BCUT2D eigenvalue weighted by atomic mass is 35.5. The molecule has 1 atom stereocenters. The summed E-state index contributed by atoms with van der Waals surface area (Å²) in [6.45, 7) is 1.41. The molecule has 5 nitrogen and oxygen atoms in total. The summed E-state index contributed by atoms with van der Waals surface area (Å²) in [7, 11) is 0. The van der Waals surface area contributed by atoms with Gasteiger partial charge >= 0.3 is 0 Å². The Morgan fingerprint density at radius 2 is 1.91 bits per heavy atom. The fourth-order valence-electron chi connectivity index (χ4n) is 3.67. The number of nitrogens with zero attached hydrogens (tertiary/aromatic N) is 2.